The van der Waals surface area contributed by atoms with Gasteiger partial charge in [0.15, 0.2) is 11.5 Å². The van der Waals surface area contributed by atoms with Crippen molar-refractivity contribution in [2.45, 2.75) is 58.9 Å². The lowest BCUT2D eigenvalue weighted by atomic mass is 10.0. The number of carbonyl (C=O) groups is 1. The van der Waals surface area contributed by atoms with Gasteiger partial charge in [-0.3, -0.25) is 19.1 Å². The molecule has 0 N–H and O–H groups in total. The zero-order valence-corrected chi connectivity index (χ0v) is 25.3. The minimum Gasteiger partial charge on any atom is -0.493 e. The number of methoxy groups -OCH3 is 2. The van der Waals surface area contributed by atoms with E-state index in [0.29, 0.717) is 45.8 Å². The van der Waals surface area contributed by atoms with Crippen LogP contribution in [-0.4, -0.2) is 53.5 Å². The number of amides is 1. The number of carbonyl (C=O) groups excluding carboxylic acids is 1. The number of thiocarbonyl (C=S) groups is 1. The average molecular weight is 581 g/mol. The molecule has 2 aliphatic heterocycles. The van der Waals surface area contributed by atoms with Gasteiger partial charge in [-0.1, -0.05) is 49.8 Å². The molecule has 1 aromatic carbocycles. The van der Waals surface area contributed by atoms with Gasteiger partial charge in [-0.15, -0.1) is 0 Å². The lowest BCUT2D eigenvalue weighted by Crippen LogP contribution is -2.35. The summed E-state index contributed by atoms with van der Waals surface area (Å²) in [5.41, 5.74) is 2.23. The van der Waals surface area contributed by atoms with Gasteiger partial charge in [-0.25, -0.2) is 0 Å². The molecule has 0 spiro atoms. The number of ether oxygens (including phenoxy) is 2. The largest absolute Gasteiger partial charge is 0.493 e. The Bertz CT molecular complexity index is 1420. The first-order valence-electron chi connectivity index (χ1n) is 13.7. The standard InChI is InChI=1S/C30H36N4O4S2/c1-5-13-33-27(32-14-8-6-7-9-15-32)22(20(2)23(19-31)28(33)35)18-26-29(36)34(30(39)40-26)16-12-21-10-11-24(37-3)25(17-21)38-4/h10-11,17-18H,5-9,12-16H2,1-4H3/b26-18+. The van der Waals surface area contributed by atoms with E-state index in [2.05, 4.69) is 11.0 Å². The van der Waals surface area contributed by atoms with Crippen molar-refractivity contribution in [3.05, 3.63) is 55.7 Å². The molecule has 0 saturated carbocycles. The van der Waals surface area contributed by atoms with E-state index >= 15 is 0 Å². The van der Waals surface area contributed by atoms with Gasteiger partial charge in [-0.2, -0.15) is 5.26 Å². The molecule has 2 saturated heterocycles. The number of hydrogen-bond donors (Lipinski definition) is 0. The van der Waals surface area contributed by atoms with Crippen LogP contribution in [0.4, 0.5) is 5.82 Å². The van der Waals surface area contributed by atoms with E-state index in [1.165, 1.54) is 11.8 Å². The predicted molar refractivity (Wildman–Crippen MR) is 164 cm³/mol. The van der Waals surface area contributed by atoms with Crippen LogP contribution in [0.3, 0.4) is 0 Å². The number of benzene rings is 1. The zero-order chi connectivity index (χ0) is 28.8. The van der Waals surface area contributed by atoms with Gasteiger partial charge >= 0.3 is 0 Å². The zero-order valence-electron chi connectivity index (χ0n) is 23.6. The van der Waals surface area contributed by atoms with Crippen LogP contribution in [-0.2, 0) is 17.8 Å². The Labute approximate surface area is 245 Å². The van der Waals surface area contributed by atoms with Crippen molar-refractivity contribution in [1.82, 2.24) is 9.47 Å². The van der Waals surface area contributed by atoms with Gasteiger partial charge in [0.05, 0.1) is 19.1 Å². The number of anilines is 1. The Morgan fingerprint density at radius 1 is 1.07 bits per heavy atom. The number of pyridine rings is 1. The molecule has 10 heteroatoms. The average Bonchev–Trinajstić information content (AvgIpc) is 3.11. The van der Waals surface area contributed by atoms with Gasteiger partial charge in [0.2, 0.25) is 0 Å². The van der Waals surface area contributed by atoms with Gasteiger partial charge in [0, 0.05) is 31.7 Å². The van der Waals surface area contributed by atoms with Crippen LogP contribution in [0.2, 0.25) is 0 Å². The molecule has 40 heavy (non-hydrogen) atoms. The Morgan fingerprint density at radius 2 is 1.77 bits per heavy atom. The molecule has 2 aliphatic rings. The quantitative estimate of drug-likeness (QED) is 0.293. The van der Waals surface area contributed by atoms with E-state index in [4.69, 9.17) is 21.7 Å². The Morgan fingerprint density at radius 3 is 2.40 bits per heavy atom. The summed E-state index contributed by atoms with van der Waals surface area (Å²) in [5, 5.41) is 9.89. The maximum Gasteiger partial charge on any atom is 0.270 e. The second-order valence-corrected chi connectivity index (χ2v) is 11.7. The highest BCUT2D eigenvalue weighted by Crippen LogP contribution is 2.37. The van der Waals surface area contributed by atoms with Crippen molar-refractivity contribution in [2.24, 2.45) is 0 Å². The smallest absolute Gasteiger partial charge is 0.270 e. The summed E-state index contributed by atoms with van der Waals surface area (Å²) < 4.78 is 13.0. The molecule has 1 amide bonds. The Balaban J connectivity index is 1.70. The number of thioether (sulfide) groups is 1. The molecule has 0 unspecified atom stereocenters. The normalized spacial score (nSPS) is 16.8. The lowest BCUT2D eigenvalue weighted by molar-refractivity contribution is -0.122. The highest BCUT2D eigenvalue weighted by Gasteiger charge is 2.33. The summed E-state index contributed by atoms with van der Waals surface area (Å²) >= 11 is 6.89. The lowest BCUT2D eigenvalue weighted by Gasteiger charge is -2.29. The first-order valence-corrected chi connectivity index (χ1v) is 15.0. The third-order valence-corrected chi connectivity index (χ3v) is 8.80. The molecule has 8 nitrogen and oxygen atoms in total. The monoisotopic (exact) mass is 580 g/mol. The number of aromatic nitrogens is 1. The third-order valence-electron chi connectivity index (χ3n) is 7.42. The second-order valence-electron chi connectivity index (χ2n) is 9.98. The summed E-state index contributed by atoms with van der Waals surface area (Å²) in [6.07, 6.45) is 7.58. The van der Waals surface area contributed by atoms with E-state index in [9.17, 15) is 14.9 Å². The van der Waals surface area contributed by atoms with Gasteiger partial charge in [-0.05, 0) is 61.9 Å². The predicted octanol–water partition coefficient (Wildman–Crippen LogP) is 5.28. The fraction of sp³-hybridized carbons (Fsp3) is 0.467. The molecule has 0 bridgehead atoms. The molecule has 3 heterocycles. The summed E-state index contributed by atoms with van der Waals surface area (Å²) in [5.74, 6) is 1.93. The van der Waals surface area contributed by atoms with Crippen molar-refractivity contribution in [1.29, 1.82) is 5.26 Å². The van der Waals surface area contributed by atoms with Gasteiger partial charge in [0.25, 0.3) is 11.5 Å². The molecule has 2 aromatic rings. The van der Waals surface area contributed by atoms with Crippen molar-refractivity contribution in [3.63, 3.8) is 0 Å². The van der Waals surface area contributed by atoms with Gasteiger partial charge < -0.3 is 14.4 Å². The molecule has 212 valence electrons. The maximum atomic E-state index is 13.6. The molecular weight excluding hydrogens is 544 g/mol. The fourth-order valence-corrected chi connectivity index (χ4v) is 6.59. The minimum atomic E-state index is -0.263. The summed E-state index contributed by atoms with van der Waals surface area (Å²) in [7, 11) is 3.19. The van der Waals surface area contributed by atoms with Crippen molar-refractivity contribution >= 4 is 46.1 Å². The van der Waals surface area contributed by atoms with Crippen molar-refractivity contribution in [3.8, 4) is 17.6 Å². The van der Waals surface area contributed by atoms with Gasteiger partial charge in [0.1, 0.15) is 21.8 Å². The second kappa shape index (κ2) is 13.4. The van der Waals surface area contributed by atoms with E-state index in [-0.39, 0.29) is 17.0 Å². The third kappa shape index (κ3) is 6.06. The van der Waals surface area contributed by atoms with Crippen LogP contribution >= 0.6 is 24.0 Å². The molecule has 2 fully saturated rings. The van der Waals surface area contributed by atoms with Crippen LogP contribution in [0.25, 0.3) is 6.08 Å². The molecular formula is C30H36N4O4S2. The maximum absolute atomic E-state index is 13.6. The first-order chi connectivity index (χ1) is 19.3. The van der Waals surface area contributed by atoms with Crippen LogP contribution in [0.5, 0.6) is 11.5 Å². The van der Waals surface area contributed by atoms with Crippen LogP contribution in [0.15, 0.2) is 27.9 Å². The number of nitrogens with zero attached hydrogens (tertiary/aromatic N) is 4. The highest BCUT2D eigenvalue weighted by atomic mass is 32.2. The molecule has 1 aromatic heterocycles. The highest BCUT2D eigenvalue weighted by molar-refractivity contribution is 8.26. The van der Waals surface area contributed by atoms with E-state index in [0.717, 1.165) is 62.1 Å². The molecule has 0 aliphatic carbocycles. The van der Waals surface area contributed by atoms with E-state index in [1.807, 2.05) is 31.2 Å². The first kappa shape index (κ1) is 29.7. The van der Waals surface area contributed by atoms with Crippen LogP contribution < -0.4 is 19.9 Å². The molecule has 4 rings (SSSR count). The molecule has 0 atom stereocenters. The topological polar surface area (TPSA) is 87.8 Å². The fourth-order valence-electron chi connectivity index (χ4n) is 5.30. The van der Waals surface area contributed by atoms with Crippen molar-refractivity contribution < 1.29 is 14.3 Å². The summed E-state index contributed by atoms with van der Waals surface area (Å²) in [6, 6.07) is 7.83. The van der Waals surface area contributed by atoms with E-state index in [1.54, 1.807) is 30.6 Å². The minimum absolute atomic E-state index is 0.127. The molecule has 0 radical (unpaired) electrons. The number of nitriles is 1. The summed E-state index contributed by atoms with van der Waals surface area (Å²) in [6.45, 7) is 6.43. The number of rotatable bonds is 9. The number of hydrogen-bond acceptors (Lipinski definition) is 8. The SMILES string of the molecule is CCCn1c(N2CCCCCC2)c(/C=C2/SC(=S)N(CCc3ccc(OC)c(OC)c3)C2=O)c(C)c(C#N)c1=O. The summed E-state index contributed by atoms with van der Waals surface area (Å²) in [4.78, 5) is 31.4. The van der Waals surface area contributed by atoms with Crippen molar-refractivity contribution in [2.75, 3.05) is 38.8 Å². The Hall–Kier alpha value is -3.29. The van der Waals surface area contributed by atoms with Crippen LogP contribution in [0, 0.1) is 18.3 Å². The van der Waals surface area contributed by atoms with E-state index < -0.39 is 0 Å². The van der Waals surface area contributed by atoms with Crippen LogP contribution in [0.1, 0.15) is 61.3 Å². The Kier molecular flexibility index (Phi) is 9.93.